The van der Waals surface area contributed by atoms with Crippen LogP contribution in [0.1, 0.15) is 57.8 Å². The van der Waals surface area contributed by atoms with Crippen molar-refractivity contribution in [2.45, 2.75) is 65.5 Å². The van der Waals surface area contributed by atoms with E-state index in [9.17, 15) is 14.7 Å². The minimum Gasteiger partial charge on any atom is -0.453 e. The molecule has 31 heavy (non-hydrogen) atoms. The van der Waals surface area contributed by atoms with Crippen molar-refractivity contribution in [3.63, 3.8) is 0 Å². The summed E-state index contributed by atoms with van der Waals surface area (Å²) in [5.74, 6) is -1.61. The number of rotatable bonds is 3. The zero-order valence-corrected chi connectivity index (χ0v) is 18.7. The zero-order valence-electron chi connectivity index (χ0n) is 18.7. The van der Waals surface area contributed by atoms with E-state index in [4.69, 9.17) is 13.9 Å². The Kier molecular flexibility index (Phi) is 4.61. The van der Waals surface area contributed by atoms with Crippen LogP contribution in [0, 0.1) is 36.5 Å². The molecule has 0 unspecified atom stereocenters. The predicted octanol–water partition coefficient (Wildman–Crippen LogP) is 4.15. The van der Waals surface area contributed by atoms with Crippen LogP contribution in [-0.4, -0.2) is 22.8 Å². The van der Waals surface area contributed by atoms with Crippen LogP contribution in [0.25, 0.3) is 11.0 Å². The number of aliphatic hydroxyl groups excluding tert-OH is 1. The molecule has 2 fully saturated rings. The van der Waals surface area contributed by atoms with Crippen LogP contribution >= 0.6 is 0 Å². The lowest BCUT2D eigenvalue weighted by Gasteiger charge is -2.54. The smallest absolute Gasteiger partial charge is 0.345 e. The summed E-state index contributed by atoms with van der Waals surface area (Å²) in [5.41, 5.74) is 1.23. The monoisotopic (exact) mass is 426 g/mol. The predicted molar refractivity (Wildman–Crippen MR) is 115 cm³/mol. The van der Waals surface area contributed by atoms with Gasteiger partial charge in [-0.15, -0.1) is 0 Å². The molecule has 3 heterocycles. The van der Waals surface area contributed by atoms with E-state index in [2.05, 4.69) is 6.92 Å². The summed E-state index contributed by atoms with van der Waals surface area (Å²) in [5, 5.41) is 11.4. The average Bonchev–Trinajstić information content (AvgIpc) is 3.12. The fourth-order valence-electron chi connectivity index (χ4n) is 6.14. The minimum absolute atomic E-state index is 0.0964. The Hall–Kier alpha value is -2.18. The van der Waals surface area contributed by atoms with Crippen LogP contribution in [0.3, 0.4) is 0 Å². The van der Waals surface area contributed by atoms with Gasteiger partial charge in [-0.3, -0.25) is 4.79 Å². The van der Waals surface area contributed by atoms with E-state index in [0.717, 1.165) is 18.4 Å². The van der Waals surface area contributed by atoms with Gasteiger partial charge in [-0.25, -0.2) is 4.79 Å². The number of ketones is 1. The SMILES string of the molecule is Cc1cccc2oc(=O)c3c(c12)O[C@@]1(C(=O)[C@H](O)C(C)C)O[C@H]3[C@H]2[C@H](CC[C@@H]2C)[C@H]1C. The fraction of sp³-hybridized carbons (Fsp3) is 0.600. The summed E-state index contributed by atoms with van der Waals surface area (Å²) in [7, 11) is 0. The first kappa shape index (κ1) is 20.7. The number of ether oxygens (including phenoxy) is 2. The lowest BCUT2D eigenvalue weighted by Crippen LogP contribution is -2.65. The maximum absolute atomic E-state index is 13.7. The summed E-state index contributed by atoms with van der Waals surface area (Å²) in [6.07, 6.45) is 0.138. The number of aryl methyl sites for hydroxylation is 1. The molecule has 1 N–H and O–H groups in total. The van der Waals surface area contributed by atoms with Crippen molar-refractivity contribution in [3.8, 4) is 5.75 Å². The molecule has 7 atom stereocenters. The number of hydrogen-bond donors (Lipinski definition) is 1. The third kappa shape index (κ3) is 2.70. The molecule has 1 aromatic carbocycles. The normalized spacial score (nSPS) is 34.9. The second-order valence-electron chi connectivity index (χ2n) is 10.0. The highest BCUT2D eigenvalue weighted by molar-refractivity contribution is 5.93. The van der Waals surface area contributed by atoms with E-state index in [1.807, 2.05) is 26.0 Å². The number of carbonyl (C=O) groups is 1. The van der Waals surface area contributed by atoms with Crippen molar-refractivity contribution in [3.05, 3.63) is 39.7 Å². The van der Waals surface area contributed by atoms with Gasteiger partial charge in [-0.2, -0.15) is 0 Å². The highest BCUT2D eigenvalue weighted by Crippen LogP contribution is 2.61. The van der Waals surface area contributed by atoms with E-state index in [-0.39, 0.29) is 23.7 Å². The number of Topliss-reactive ketones (excluding diaryl/α,β-unsaturated/α-hetero) is 1. The number of fused-ring (bicyclic) bond motifs is 8. The van der Waals surface area contributed by atoms with E-state index >= 15 is 0 Å². The quantitative estimate of drug-likeness (QED) is 0.742. The Bertz CT molecular complexity index is 1120. The molecule has 5 rings (SSSR count). The maximum Gasteiger partial charge on any atom is 0.345 e. The van der Waals surface area contributed by atoms with Crippen LogP contribution < -0.4 is 10.4 Å². The summed E-state index contributed by atoms with van der Waals surface area (Å²) in [6, 6.07) is 5.49. The number of carbonyl (C=O) groups excluding carboxylic acids is 1. The van der Waals surface area contributed by atoms with Gasteiger partial charge in [0.1, 0.15) is 29.1 Å². The minimum atomic E-state index is -1.62. The van der Waals surface area contributed by atoms with Gasteiger partial charge in [0.15, 0.2) is 0 Å². The van der Waals surface area contributed by atoms with Crippen LogP contribution in [0.5, 0.6) is 5.75 Å². The first-order valence-electron chi connectivity index (χ1n) is 11.3. The third-order valence-electron chi connectivity index (χ3n) is 7.91. The summed E-state index contributed by atoms with van der Waals surface area (Å²) < 4.78 is 18.6. The van der Waals surface area contributed by atoms with E-state index in [1.165, 1.54) is 0 Å². The number of hydrogen-bond acceptors (Lipinski definition) is 6. The Morgan fingerprint density at radius 2 is 1.97 bits per heavy atom. The van der Waals surface area contributed by atoms with Crippen molar-refractivity contribution in [2.75, 3.05) is 0 Å². The molecule has 1 saturated heterocycles. The lowest BCUT2D eigenvalue weighted by molar-refractivity contribution is -0.296. The molecule has 0 spiro atoms. The summed E-state index contributed by atoms with van der Waals surface area (Å²) in [6.45, 7) is 9.70. The second kappa shape index (κ2) is 6.91. The van der Waals surface area contributed by atoms with Crippen LogP contribution in [0.4, 0.5) is 0 Å². The van der Waals surface area contributed by atoms with Crippen LogP contribution in [0.2, 0.25) is 0 Å². The first-order valence-corrected chi connectivity index (χ1v) is 11.3. The molecule has 2 aliphatic heterocycles. The number of aliphatic hydroxyl groups is 1. The van der Waals surface area contributed by atoms with Gasteiger partial charge in [0.2, 0.25) is 5.78 Å². The van der Waals surface area contributed by atoms with Gasteiger partial charge >= 0.3 is 5.63 Å². The lowest BCUT2D eigenvalue weighted by atomic mass is 9.68. The van der Waals surface area contributed by atoms with Gasteiger partial charge in [-0.05, 0) is 48.6 Å². The molecule has 0 amide bonds. The molecule has 2 aromatic rings. The topological polar surface area (TPSA) is 86.0 Å². The first-order chi connectivity index (χ1) is 14.7. The molecule has 6 nitrogen and oxygen atoms in total. The maximum atomic E-state index is 13.7. The molecule has 1 aromatic heterocycles. The van der Waals surface area contributed by atoms with E-state index in [1.54, 1.807) is 19.9 Å². The van der Waals surface area contributed by atoms with Gasteiger partial charge in [-0.1, -0.05) is 46.2 Å². The second-order valence-corrected chi connectivity index (χ2v) is 10.0. The van der Waals surface area contributed by atoms with Crippen molar-refractivity contribution in [1.29, 1.82) is 0 Å². The molecular weight excluding hydrogens is 396 g/mol. The van der Waals surface area contributed by atoms with Crippen molar-refractivity contribution >= 4 is 16.8 Å². The van der Waals surface area contributed by atoms with Gasteiger partial charge in [0, 0.05) is 5.92 Å². The molecule has 1 aliphatic carbocycles. The molecule has 6 heteroatoms. The van der Waals surface area contributed by atoms with Gasteiger partial charge in [0.05, 0.1) is 5.39 Å². The summed E-state index contributed by atoms with van der Waals surface area (Å²) in [4.78, 5) is 26.8. The summed E-state index contributed by atoms with van der Waals surface area (Å²) >= 11 is 0. The van der Waals surface area contributed by atoms with Crippen molar-refractivity contribution in [1.82, 2.24) is 0 Å². The molecule has 166 valence electrons. The molecular formula is C25H30O6. The van der Waals surface area contributed by atoms with Crippen LogP contribution in [0.15, 0.2) is 27.4 Å². The van der Waals surface area contributed by atoms with Crippen molar-refractivity contribution in [2.24, 2.45) is 29.6 Å². The molecule has 3 aliphatic rings. The molecule has 0 radical (unpaired) electrons. The number of benzene rings is 1. The standard InChI is InChI=1S/C25H30O6/c1-11(2)20(26)23(27)25-14(5)15-10-9-13(4)17(15)21(30-25)19-22(31-25)18-12(3)7-6-8-16(18)29-24(19)28/h6-8,11,13-15,17,20-21,26H,9-10H2,1-5H3/t13-,14+,15+,17+,20+,21-,25-/m0/s1. The Labute approximate surface area is 181 Å². The van der Waals surface area contributed by atoms with Gasteiger partial charge < -0.3 is 19.0 Å². The van der Waals surface area contributed by atoms with E-state index < -0.39 is 29.4 Å². The molecule has 2 bridgehead atoms. The van der Waals surface area contributed by atoms with Gasteiger partial charge in [0.25, 0.3) is 5.79 Å². The Morgan fingerprint density at radius 3 is 2.68 bits per heavy atom. The average molecular weight is 427 g/mol. The fourth-order valence-corrected chi connectivity index (χ4v) is 6.14. The highest BCUT2D eigenvalue weighted by Gasteiger charge is 2.65. The highest BCUT2D eigenvalue weighted by atomic mass is 16.7. The Balaban J connectivity index is 1.81. The zero-order chi connectivity index (χ0) is 22.2. The van der Waals surface area contributed by atoms with Crippen molar-refractivity contribution < 1.29 is 23.8 Å². The molecule has 1 saturated carbocycles. The third-order valence-corrected chi connectivity index (χ3v) is 7.91. The Morgan fingerprint density at radius 1 is 1.23 bits per heavy atom. The van der Waals surface area contributed by atoms with E-state index in [0.29, 0.717) is 28.2 Å². The van der Waals surface area contributed by atoms with Crippen LogP contribution in [-0.2, 0) is 9.53 Å². The largest absolute Gasteiger partial charge is 0.453 e.